The molecular formula is C53H95O10P. The third-order valence-electron chi connectivity index (χ3n) is 11.0. The lowest BCUT2D eigenvalue weighted by atomic mass is 10.0. The first-order valence-electron chi connectivity index (χ1n) is 25.7. The average Bonchev–Trinajstić information content (AvgIpc) is 3.29. The number of phosphoric ester groups is 1. The lowest BCUT2D eigenvalue weighted by Crippen LogP contribution is -2.28. The van der Waals surface area contributed by atoms with Crippen molar-refractivity contribution in [1.29, 1.82) is 0 Å². The van der Waals surface area contributed by atoms with Crippen molar-refractivity contribution in [2.24, 2.45) is 0 Å². The van der Waals surface area contributed by atoms with Crippen LogP contribution in [-0.4, -0.2) is 65.7 Å². The number of carbonyl (C=O) groups is 2. The highest BCUT2D eigenvalue weighted by molar-refractivity contribution is 7.47. The van der Waals surface area contributed by atoms with Gasteiger partial charge in [-0.1, -0.05) is 216 Å². The zero-order valence-corrected chi connectivity index (χ0v) is 41.6. The second kappa shape index (κ2) is 48.6. The van der Waals surface area contributed by atoms with Gasteiger partial charge in [0.15, 0.2) is 0 Å². The van der Waals surface area contributed by atoms with Crippen LogP contribution in [0.25, 0.3) is 0 Å². The summed E-state index contributed by atoms with van der Waals surface area (Å²) in [4.78, 5) is 34.7. The molecule has 10 nitrogen and oxygen atoms in total. The number of carbonyl (C=O) groups excluding carboxylic acids is 2. The summed E-state index contributed by atoms with van der Waals surface area (Å²) in [7, 11) is -4.65. The van der Waals surface area contributed by atoms with E-state index in [-0.39, 0.29) is 12.8 Å². The summed E-state index contributed by atoms with van der Waals surface area (Å²) in [6.45, 7) is 2.09. The van der Waals surface area contributed by atoms with Crippen molar-refractivity contribution >= 4 is 19.8 Å². The van der Waals surface area contributed by atoms with E-state index in [0.717, 1.165) is 70.6 Å². The molecule has 11 heteroatoms. The van der Waals surface area contributed by atoms with Gasteiger partial charge in [-0.2, -0.15) is 0 Å². The molecule has 0 radical (unpaired) electrons. The monoisotopic (exact) mass is 923 g/mol. The Morgan fingerprint density at radius 3 is 1.06 bits per heavy atom. The third-order valence-corrected chi connectivity index (χ3v) is 11.9. The predicted molar refractivity (Wildman–Crippen MR) is 265 cm³/mol. The van der Waals surface area contributed by atoms with Crippen molar-refractivity contribution in [3.63, 3.8) is 0 Å². The molecule has 0 fully saturated rings. The summed E-state index contributed by atoms with van der Waals surface area (Å²) >= 11 is 0. The maximum absolute atomic E-state index is 12.4. The van der Waals surface area contributed by atoms with E-state index in [0.29, 0.717) is 12.8 Å². The number of aliphatic hydroxyl groups excluding tert-OH is 2. The number of esters is 2. The second-order valence-corrected chi connectivity index (χ2v) is 18.6. The molecule has 0 saturated heterocycles. The number of hydrogen-bond donors (Lipinski definition) is 3. The Morgan fingerprint density at radius 2 is 0.734 bits per heavy atom. The van der Waals surface area contributed by atoms with Gasteiger partial charge in [-0.3, -0.25) is 18.6 Å². The molecule has 0 amide bonds. The molecule has 0 aliphatic carbocycles. The number of unbranched alkanes of at least 4 members (excludes halogenated alkanes) is 24. The van der Waals surface area contributed by atoms with Crippen LogP contribution in [0.2, 0.25) is 0 Å². The fraction of sp³-hybridized carbons (Fsp3) is 0.774. The van der Waals surface area contributed by atoms with Crippen LogP contribution < -0.4 is 0 Å². The number of allylic oxidation sites excluding steroid dienone is 10. The summed E-state index contributed by atoms with van der Waals surface area (Å²) in [5.41, 5.74) is 0. The minimum atomic E-state index is -4.65. The normalized spacial score (nSPS) is 14.1. The number of aliphatic hydroxyl groups is 2. The summed E-state index contributed by atoms with van der Waals surface area (Å²) < 4.78 is 32.7. The Labute approximate surface area is 391 Å². The van der Waals surface area contributed by atoms with Crippen molar-refractivity contribution in [3.8, 4) is 0 Å². The van der Waals surface area contributed by atoms with Crippen LogP contribution in [0.3, 0.4) is 0 Å². The van der Waals surface area contributed by atoms with Crippen LogP contribution in [0, 0.1) is 0 Å². The largest absolute Gasteiger partial charge is 0.472 e. The highest BCUT2D eigenvalue weighted by Crippen LogP contribution is 2.43. The third kappa shape index (κ3) is 46.2. The molecule has 3 unspecified atom stereocenters. The van der Waals surface area contributed by atoms with Crippen LogP contribution in [0.15, 0.2) is 60.8 Å². The minimum absolute atomic E-state index is 0.151. The highest BCUT2D eigenvalue weighted by Gasteiger charge is 2.27. The van der Waals surface area contributed by atoms with E-state index >= 15 is 0 Å². The van der Waals surface area contributed by atoms with Crippen molar-refractivity contribution < 1.29 is 47.8 Å². The molecule has 0 aliphatic heterocycles. The molecule has 0 saturated carbocycles. The summed E-state index contributed by atoms with van der Waals surface area (Å²) in [5.74, 6) is -1.05. The van der Waals surface area contributed by atoms with Gasteiger partial charge in [0.1, 0.15) is 12.2 Å². The molecular weight excluding hydrogens is 828 g/mol. The Morgan fingerprint density at radius 1 is 0.438 bits per heavy atom. The number of hydrogen-bond acceptors (Lipinski definition) is 9. The van der Waals surface area contributed by atoms with Gasteiger partial charge in [-0.05, 0) is 57.8 Å². The van der Waals surface area contributed by atoms with Gasteiger partial charge in [0, 0.05) is 12.8 Å². The van der Waals surface area contributed by atoms with E-state index in [1.165, 1.54) is 116 Å². The molecule has 0 bridgehead atoms. The first kappa shape index (κ1) is 61.7. The number of rotatable bonds is 48. The number of phosphoric acid groups is 1. The summed E-state index contributed by atoms with van der Waals surface area (Å²) in [6, 6.07) is 0. The van der Waals surface area contributed by atoms with Gasteiger partial charge in [-0.15, -0.1) is 0 Å². The van der Waals surface area contributed by atoms with E-state index in [9.17, 15) is 29.3 Å². The molecule has 3 atom stereocenters. The number of ether oxygens (including phenoxy) is 2. The smallest absolute Gasteiger partial charge is 0.457 e. The van der Waals surface area contributed by atoms with Gasteiger partial charge in [0.25, 0.3) is 0 Å². The van der Waals surface area contributed by atoms with Crippen LogP contribution >= 0.6 is 7.82 Å². The Bertz CT molecular complexity index is 1250. The topological polar surface area (TPSA) is 149 Å². The zero-order chi connectivity index (χ0) is 46.9. The van der Waals surface area contributed by atoms with Gasteiger partial charge in [0.05, 0.1) is 26.4 Å². The molecule has 0 heterocycles. The maximum atomic E-state index is 12.4. The molecule has 0 rings (SSSR count). The van der Waals surface area contributed by atoms with Crippen LogP contribution in [-0.2, 0) is 32.7 Å². The lowest BCUT2D eigenvalue weighted by molar-refractivity contribution is -0.153. The summed E-state index contributed by atoms with van der Waals surface area (Å²) in [5, 5.41) is 19.3. The molecule has 372 valence electrons. The Balaban J connectivity index is 3.87. The molecule has 0 aliphatic rings. The van der Waals surface area contributed by atoms with E-state index in [1.54, 1.807) is 0 Å². The quantitative estimate of drug-likeness (QED) is 0.0233. The lowest BCUT2D eigenvalue weighted by Gasteiger charge is -2.20. The van der Waals surface area contributed by atoms with Crippen LogP contribution in [0.4, 0.5) is 0 Å². The van der Waals surface area contributed by atoms with Crippen molar-refractivity contribution in [1.82, 2.24) is 0 Å². The van der Waals surface area contributed by atoms with Crippen molar-refractivity contribution in [2.75, 3.05) is 26.4 Å². The standard InChI is InChI=1S/C53H95O10P/c1-3-5-7-9-11-13-15-17-19-21-23-24-25-27-29-31-33-35-37-39-41-43-45-53(57)63-51(47-55)49-61-64(58,59)60-48-50(46-54)62-52(56)44-42-40-38-36-34-32-30-28-26-22-20-18-16-14-12-10-8-6-4-2/h6,8,12,14,18,20,26,28,32,34,50-51,54-55H,3-5,7,9-11,13,15-17,19,21-25,27,29-31,33,35-49H2,1-2H3,(H,58,59)/b8-6-,14-12-,20-18-,28-26-,34-32-. The molecule has 0 spiro atoms. The van der Waals surface area contributed by atoms with Gasteiger partial charge in [0.2, 0.25) is 0 Å². The van der Waals surface area contributed by atoms with E-state index in [4.69, 9.17) is 18.5 Å². The van der Waals surface area contributed by atoms with Crippen LogP contribution in [0.1, 0.15) is 226 Å². The van der Waals surface area contributed by atoms with E-state index < -0.39 is 58.4 Å². The molecule has 3 N–H and O–H groups in total. The first-order chi connectivity index (χ1) is 31.3. The maximum Gasteiger partial charge on any atom is 0.472 e. The van der Waals surface area contributed by atoms with E-state index in [2.05, 4.69) is 74.6 Å². The van der Waals surface area contributed by atoms with Crippen LogP contribution in [0.5, 0.6) is 0 Å². The van der Waals surface area contributed by atoms with E-state index in [1.807, 2.05) is 0 Å². The average molecular weight is 923 g/mol. The molecule has 0 aromatic rings. The van der Waals surface area contributed by atoms with Gasteiger partial charge < -0.3 is 24.6 Å². The molecule has 64 heavy (non-hydrogen) atoms. The fourth-order valence-corrected chi connectivity index (χ4v) is 7.87. The minimum Gasteiger partial charge on any atom is -0.457 e. The van der Waals surface area contributed by atoms with Gasteiger partial charge in [-0.25, -0.2) is 4.57 Å². The molecule has 0 aromatic carbocycles. The Kier molecular flexibility index (Phi) is 46.8. The first-order valence-corrected chi connectivity index (χ1v) is 27.2. The molecule has 0 aromatic heterocycles. The second-order valence-electron chi connectivity index (χ2n) is 17.1. The Hall–Kier alpha value is -2.33. The summed E-state index contributed by atoms with van der Waals surface area (Å²) in [6.07, 6.45) is 56.3. The fourth-order valence-electron chi connectivity index (χ4n) is 7.08. The van der Waals surface area contributed by atoms with Gasteiger partial charge >= 0.3 is 19.8 Å². The zero-order valence-electron chi connectivity index (χ0n) is 40.7. The van der Waals surface area contributed by atoms with Crippen molar-refractivity contribution in [2.45, 2.75) is 238 Å². The predicted octanol–water partition coefficient (Wildman–Crippen LogP) is 14.6. The highest BCUT2D eigenvalue weighted by atomic mass is 31.2. The SMILES string of the molecule is CC/C=C\C/C=C\C/C=C\C/C=C\C/C=C\CCCCCC(=O)OC(CO)COP(=O)(O)OCC(CO)OC(=O)CCCCCCCCCCCCCCCCCCCCCCCC. The van der Waals surface area contributed by atoms with Crippen molar-refractivity contribution in [3.05, 3.63) is 60.8 Å².